The van der Waals surface area contributed by atoms with Crippen molar-refractivity contribution in [1.29, 1.82) is 5.26 Å². The van der Waals surface area contributed by atoms with Gasteiger partial charge in [-0.25, -0.2) is 0 Å². The van der Waals surface area contributed by atoms with Gasteiger partial charge in [0.25, 0.3) is 5.91 Å². The third-order valence-electron chi connectivity index (χ3n) is 2.06. The van der Waals surface area contributed by atoms with Crippen LogP contribution in [0.5, 0.6) is 0 Å². The van der Waals surface area contributed by atoms with E-state index >= 15 is 0 Å². The molecule has 6 heteroatoms. The highest BCUT2D eigenvalue weighted by Crippen LogP contribution is 2.06. The molecule has 88 valence electrons. The minimum Gasteiger partial charge on any atom is -0.339 e. The van der Waals surface area contributed by atoms with Crippen LogP contribution in [0.1, 0.15) is 28.5 Å². The van der Waals surface area contributed by atoms with Crippen LogP contribution in [-0.2, 0) is 4.79 Å². The van der Waals surface area contributed by atoms with Crippen LogP contribution in [0.15, 0.2) is 12.3 Å². The van der Waals surface area contributed by atoms with Crippen molar-refractivity contribution < 1.29 is 9.59 Å². The van der Waals surface area contributed by atoms with E-state index in [9.17, 15) is 9.59 Å². The van der Waals surface area contributed by atoms with Gasteiger partial charge >= 0.3 is 0 Å². The van der Waals surface area contributed by atoms with Crippen molar-refractivity contribution in [3.63, 3.8) is 0 Å². The monoisotopic (exact) mass is 232 g/mol. The predicted molar refractivity (Wildman–Crippen MR) is 59.8 cm³/mol. The summed E-state index contributed by atoms with van der Waals surface area (Å²) in [7, 11) is 0. The third-order valence-corrected chi connectivity index (χ3v) is 2.06. The normalized spacial score (nSPS) is 9.24. The van der Waals surface area contributed by atoms with Gasteiger partial charge in [0.05, 0.1) is 23.5 Å². The van der Waals surface area contributed by atoms with Crippen LogP contribution in [0.25, 0.3) is 0 Å². The van der Waals surface area contributed by atoms with E-state index in [1.165, 1.54) is 19.2 Å². The van der Waals surface area contributed by atoms with E-state index in [0.29, 0.717) is 11.3 Å². The average Bonchev–Trinajstić information content (AvgIpc) is 2.29. The van der Waals surface area contributed by atoms with Crippen LogP contribution in [0, 0.1) is 18.3 Å². The first kappa shape index (κ1) is 12.6. The summed E-state index contributed by atoms with van der Waals surface area (Å²) in [5.74, 6) is -0.618. The number of aryl methyl sites for hydroxylation is 1. The van der Waals surface area contributed by atoms with Gasteiger partial charge in [-0.3, -0.25) is 14.6 Å². The lowest BCUT2D eigenvalue weighted by Crippen LogP contribution is -2.36. The molecule has 1 heterocycles. The summed E-state index contributed by atoms with van der Waals surface area (Å²) >= 11 is 0. The summed E-state index contributed by atoms with van der Waals surface area (Å²) in [4.78, 5) is 26.1. The highest BCUT2D eigenvalue weighted by atomic mass is 16.2. The van der Waals surface area contributed by atoms with Crippen LogP contribution in [0.3, 0.4) is 0 Å². The molecule has 1 aromatic rings. The van der Waals surface area contributed by atoms with E-state index in [0.717, 1.165) is 0 Å². The van der Waals surface area contributed by atoms with Crippen LogP contribution >= 0.6 is 0 Å². The maximum atomic E-state index is 11.6. The highest BCUT2D eigenvalue weighted by molar-refractivity contribution is 5.94. The Balaban J connectivity index is 2.70. The fraction of sp³-hybridized carbons (Fsp3) is 0.273. The quantitative estimate of drug-likeness (QED) is 0.722. The molecular formula is C11H12N4O2. The SMILES string of the molecule is CC(=O)NCNC(=O)c1cnc(C)c(C#N)c1. The lowest BCUT2D eigenvalue weighted by Gasteiger charge is -2.06. The zero-order chi connectivity index (χ0) is 12.8. The molecule has 17 heavy (non-hydrogen) atoms. The van der Waals surface area contributed by atoms with Gasteiger partial charge in [-0.05, 0) is 13.0 Å². The number of pyridine rings is 1. The van der Waals surface area contributed by atoms with E-state index in [1.54, 1.807) is 6.92 Å². The molecule has 0 spiro atoms. The third kappa shape index (κ3) is 3.57. The highest BCUT2D eigenvalue weighted by Gasteiger charge is 2.08. The molecule has 0 fully saturated rings. The smallest absolute Gasteiger partial charge is 0.254 e. The molecule has 0 aliphatic heterocycles. The molecule has 1 rings (SSSR count). The van der Waals surface area contributed by atoms with Crippen molar-refractivity contribution in [2.75, 3.05) is 6.67 Å². The minimum absolute atomic E-state index is 0.0456. The standard InChI is InChI=1S/C11H12N4O2/c1-7-9(4-12)3-10(5-13-7)11(17)15-6-14-8(2)16/h3,5H,6H2,1-2H3,(H,14,16)(H,15,17). The van der Waals surface area contributed by atoms with Crippen molar-refractivity contribution in [2.45, 2.75) is 13.8 Å². The molecule has 2 N–H and O–H groups in total. The Hall–Kier alpha value is -2.42. The Labute approximate surface area is 98.7 Å². The number of nitriles is 1. The lowest BCUT2D eigenvalue weighted by molar-refractivity contribution is -0.118. The number of carbonyl (C=O) groups is 2. The number of amides is 2. The fourth-order valence-corrected chi connectivity index (χ4v) is 1.12. The zero-order valence-electron chi connectivity index (χ0n) is 9.57. The van der Waals surface area contributed by atoms with Gasteiger partial charge in [0.1, 0.15) is 6.07 Å². The molecule has 0 saturated carbocycles. The summed E-state index contributed by atoms with van der Waals surface area (Å²) in [5.41, 5.74) is 1.22. The van der Waals surface area contributed by atoms with Gasteiger partial charge in [-0.1, -0.05) is 0 Å². The molecule has 0 aliphatic rings. The van der Waals surface area contributed by atoms with Crippen LogP contribution in [0.2, 0.25) is 0 Å². The fourth-order valence-electron chi connectivity index (χ4n) is 1.12. The Bertz CT molecular complexity index is 491. The lowest BCUT2D eigenvalue weighted by atomic mass is 10.1. The van der Waals surface area contributed by atoms with Gasteiger partial charge in [0, 0.05) is 13.1 Å². The van der Waals surface area contributed by atoms with Gasteiger partial charge in [-0.15, -0.1) is 0 Å². The minimum atomic E-state index is -0.386. The molecule has 0 saturated heterocycles. The van der Waals surface area contributed by atoms with E-state index in [2.05, 4.69) is 15.6 Å². The van der Waals surface area contributed by atoms with Crippen LogP contribution in [0.4, 0.5) is 0 Å². The number of hydrogen-bond donors (Lipinski definition) is 2. The predicted octanol–water partition coefficient (Wildman–Crippen LogP) is 0.0851. The Morgan fingerprint density at radius 2 is 2.18 bits per heavy atom. The number of rotatable bonds is 3. The van der Waals surface area contributed by atoms with Crippen LogP contribution < -0.4 is 10.6 Å². The average molecular weight is 232 g/mol. The van der Waals surface area contributed by atoms with Gasteiger partial charge in [-0.2, -0.15) is 5.26 Å². The van der Waals surface area contributed by atoms with E-state index in [1.807, 2.05) is 6.07 Å². The van der Waals surface area contributed by atoms with Gasteiger partial charge in [0.2, 0.25) is 5.91 Å². The van der Waals surface area contributed by atoms with Crippen molar-refractivity contribution >= 4 is 11.8 Å². The first-order chi connectivity index (χ1) is 8.04. The molecule has 6 nitrogen and oxygen atoms in total. The number of aromatic nitrogens is 1. The first-order valence-corrected chi connectivity index (χ1v) is 4.94. The summed E-state index contributed by atoms with van der Waals surface area (Å²) in [6.07, 6.45) is 1.39. The molecule has 0 atom stereocenters. The van der Waals surface area contributed by atoms with E-state index in [-0.39, 0.29) is 24.0 Å². The van der Waals surface area contributed by atoms with Crippen molar-refractivity contribution in [2.24, 2.45) is 0 Å². The van der Waals surface area contributed by atoms with Crippen molar-refractivity contribution in [3.05, 3.63) is 29.1 Å². The molecule has 2 amide bonds. The maximum absolute atomic E-state index is 11.6. The Morgan fingerprint density at radius 1 is 1.47 bits per heavy atom. The number of nitrogens with zero attached hydrogens (tertiary/aromatic N) is 2. The molecule has 0 bridgehead atoms. The summed E-state index contributed by atoms with van der Waals surface area (Å²) in [5, 5.41) is 13.7. The second-order valence-electron chi connectivity index (χ2n) is 3.38. The van der Waals surface area contributed by atoms with Gasteiger partial charge < -0.3 is 10.6 Å². The molecule has 0 aromatic carbocycles. The van der Waals surface area contributed by atoms with Crippen molar-refractivity contribution in [3.8, 4) is 6.07 Å². The molecule has 0 aliphatic carbocycles. The van der Waals surface area contributed by atoms with Crippen LogP contribution in [-0.4, -0.2) is 23.5 Å². The summed E-state index contributed by atoms with van der Waals surface area (Å²) < 4.78 is 0. The molecule has 1 aromatic heterocycles. The summed E-state index contributed by atoms with van der Waals surface area (Å²) in [6.45, 7) is 3.09. The Morgan fingerprint density at radius 3 is 2.76 bits per heavy atom. The van der Waals surface area contributed by atoms with Crippen molar-refractivity contribution in [1.82, 2.24) is 15.6 Å². The largest absolute Gasteiger partial charge is 0.339 e. The molecule has 0 radical (unpaired) electrons. The number of carbonyl (C=O) groups excluding carboxylic acids is 2. The summed E-state index contributed by atoms with van der Waals surface area (Å²) in [6, 6.07) is 3.42. The second kappa shape index (κ2) is 5.61. The zero-order valence-corrected chi connectivity index (χ0v) is 9.57. The number of nitrogens with one attached hydrogen (secondary N) is 2. The maximum Gasteiger partial charge on any atom is 0.254 e. The van der Waals surface area contributed by atoms with E-state index < -0.39 is 0 Å². The van der Waals surface area contributed by atoms with Gasteiger partial charge in [0.15, 0.2) is 0 Å². The Kier molecular flexibility index (Phi) is 4.17. The second-order valence-corrected chi connectivity index (χ2v) is 3.38. The molecule has 0 unspecified atom stereocenters. The number of hydrogen-bond acceptors (Lipinski definition) is 4. The molecular weight excluding hydrogens is 220 g/mol. The van der Waals surface area contributed by atoms with E-state index in [4.69, 9.17) is 5.26 Å². The first-order valence-electron chi connectivity index (χ1n) is 4.94. The topological polar surface area (TPSA) is 94.9 Å².